The standard InChI is InChI=1S/C15H12N4O3S/c20-12(19-15-16-6-7-23-15)9-17-14(21)11-8-18-22-13(11)10-4-2-1-3-5-10/h1-8H,9H2,(H,17,21)(H,16,19,20). The SMILES string of the molecule is O=C(CNC(=O)c1cnoc1-c1ccccc1)Nc1nccs1. The van der Waals surface area contributed by atoms with Gasteiger partial charge in [-0.3, -0.25) is 9.59 Å². The molecular formula is C15H12N4O3S. The molecule has 0 saturated heterocycles. The van der Waals surface area contributed by atoms with Crippen molar-refractivity contribution in [3.8, 4) is 11.3 Å². The Hall–Kier alpha value is -3.00. The third-order valence-electron chi connectivity index (χ3n) is 2.94. The van der Waals surface area contributed by atoms with Crippen molar-refractivity contribution >= 4 is 28.3 Å². The maximum absolute atomic E-state index is 12.2. The van der Waals surface area contributed by atoms with Crippen molar-refractivity contribution in [2.45, 2.75) is 0 Å². The molecule has 2 N–H and O–H groups in total. The number of thiazole rings is 1. The number of carbonyl (C=O) groups is 2. The lowest BCUT2D eigenvalue weighted by atomic mass is 10.1. The van der Waals surface area contributed by atoms with E-state index >= 15 is 0 Å². The summed E-state index contributed by atoms with van der Waals surface area (Å²) in [5.74, 6) is -0.422. The van der Waals surface area contributed by atoms with Gasteiger partial charge in [0.15, 0.2) is 10.9 Å². The largest absolute Gasteiger partial charge is 0.355 e. The molecule has 116 valence electrons. The van der Waals surface area contributed by atoms with Crippen LogP contribution in [0.3, 0.4) is 0 Å². The molecule has 1 aromatic carbocycles. The number of aromatic nitrogens is 2. The highest BCUT2D eigenvalue weighted by Crippen LogP contribution is 2.22. The Morgan fingerprint density at radius 1 is 1.22 bits per heavy atom. The van der Waals surface area contributed by atoms with Crippen LogP contribution in [0.4, 0.5) is 5.13 Å². The molecule has 8 heteroatoms. The van der Waals surface area contributed by atoms with Gasteiger partial charge in [0.1, 0.15) is 5.56 Å². The summed E-state index contributed by atoms with van der Waals surface area (Å²) in [7, 11) is 0. The first kappa shape index (κ1) is 14.9. The van der Waals surface area contributed by atoms with E-state index in [0.717, 1.165) is 5.56 Å². The van der Waals surface area contributed by atoms with Crippen molar-refractivity contribution in [1.82, 2.24) is 15.5 Å². The first-order valence-corrected chi connectivity index (χ1v) is 7.59. The van der Waals surface area contributed by atoms with Crippen molar-refractivity contribution in [2.75, 3.05) is 11.9 Å². The lowest BCUT2D eigenvalue weighted by Gasteiger charge is -2.04. The van der Waals surface area contributed by atoms with Crippen LogP contribution in [-0.4, -0.2) is 28.5 Å². The van der Waals surface area contributed by atoms with Gasteiger partial charge < -0.3 is 15.2 Å². The van der Waals surface area contributed by atoms with Crippen LogP contribution in [0.5, 0.6) is 0 Å². The molecule has 0 bridgehead atoms. The molecule has 2 amide bonds. The Kier molecular flexibility index (Phi) is 4.44. The lowest BCUT2D eigenvalue weighted by molar-refractivity contribution is -0.115. The second-order valence-electron chi connectivity index (χ2n) is 4.50. The maximum Gasteiger partial charge on any atom is 0.257 e. The van der Waals surface area contributed by atoms with Gasteiger partial charge in [0.05, 0.1) is 12.7 Å². The molecule has 2 heterocycles. The number of rotatable bonds is 5. The molecule has 0 unspecified atom stereocenters. The Morgan fingerprint density at radius 2 is 2.04 bits per heavy atom. The van der Waals surface area contributed by atoms with Gasteiger partial charge in [0.2, 0.25) is 5.91 Å². The third-order valence-corrected chi connectivity index (χ3v) is 3.63. The van der Waals surface area contributed by atoms with E-state index in [2.05, 4.69) is 20.8 Å². The molecule has 0 saturated carbocycles. The van der Waals surface area contributed by atoms with Gasteiger partial charge in [-0.25, -0.2) is 4.98 Å². The number of nitrogens with one attached hydrogen (secondary N) is 2. The number of anilines is 1. The normalized spacial score (nSPS) is 10.3. The van der Waals surface area contributed by atoms with Crippen LogP contribution in [0.2, 0.25) is 0 Å². The molecule has 0 aliphatic rings. The molecule has 0 aliphatic carbocycles. The number of hydrogen-bond donors (Lipinski definition) is 2. The Bertz CT molecular complexity index is 799. The topological polar surface area (TPSA) is 97.1 Å². The number of benzene rings is 1. The number of nitrogens with zero attached hydrogens (tertiary/aromatic N) is 2. The van der Waals surface area contributed by atoms with Crippen molar-refractivity contribution in [2.24, 2.45) is 0 Å². The van der Waals surface area contributed by atoms with E-state index in [4.69, 9.17) is 4.52 Å². The van der Waals surface area contributed by atoms with Gasteiger partial charge in [-0.2, -0.15) is 0 Å². The van der Waals surface area contributed by atoms with Crippen LogP contribution < -0.4 is 10.6 Å². The van der Waals surface area contributed by atoms with Gasteiger partial charge >= 0.3 is 0 Å². The fourth-order valence-electron chi connectivity index (χ4n) is 1.90. The van der Waals surface area contributed by atoms with Crippen LogP contribution in [0.1, 0.15) is 10.4 Å². The molecule has 0 atom stereocenters. The van der Waals surface area contributed by atoms with Crippen molar-refractivity contribution in [3.63, 3.8) is 0 Å². The predicted octanol–water partition coefficient (Wildman–Crippen LogP) is 2.17. The first-order chi connectivity index (χ1) is 11.2. The molecule has 0 fully saturated rings. The van der Waals surface area contributed by atoms with Gasteiger partial charge in [0, 0.05) is 17.1 Å². The van der Waals surface area contributed by atoms with E-state index < -0.39 is 5.91 Å². The number of amides is 2. The number of carbonyl (C=O) groups excluding carboxylic acids is 2. The third kappa shape index (κ3) is 3.61. The minimum atomic E-state index is -0.431. The second-order valence-corrected chi connectivity index (χ2v) is 5.40. The summed E-state index contributed by atoms with van der Waals surface area (Å²) in [4.78, 5) is 27.9. The zero-order valence-electron chi connectivity index (χ0n) is 11.9. The molecule has 7 nitrogen and oxygen atoms in total. The molecule has 3 aromatic rings. The van der Waals surface area contributed by atoms with Crippen LogP contribution in [0.15, 0.2) is 52.6 Å². The molecule has 2 aromatic heterocycles. The van der Waals surface area contributed by atoms with E-state index in [1.807, 2.05) is 30.3 Å². The summed E-state index contributed by atoms with van der Waals surface area (Å²) in [6, 6.07) is 9.16. The summed E-state index contributed by atoms with van der Waals surface area (Å²) < 4.78 is 5.14. The summed E-state index contributed by atoms with van der Waals surface area (Å²) >= 11 is 1.30. The van der Waals surface area contributed by atoms with E-state index in [0.29, 0.717) is 10.9 Å². The first-order valence-electron chi connectivity index (χ1n) is 6.71. The zero-order chi connectivity index (χ0) is 16.1. The summed E-state index contributed by atoms with van der Waals surface area (Å²) in [5, 5.41) is 11.0. The number of hydrogen-bond acceptors (Lipinski definition) is 6. The fraction of sp³-hybridized carbons (Fsp3) is 0.0667. The zero-order valence-corrected chi connectivity index (χ0v) is 12.7. The molecule has 0 spiro atoms. The highest BCUT2D eigenvalue weighted by Gasteiger charge is 2.18. The summed E-state index contributed by atoms with van der Waals surface area (Å²) in [6.07, 6.45) is 2.92. The van der Waals surface area contributed by atoms with Gasteiger partial charge in [-0.05, 0) is 0 Å². The Morgan fingerprint density at radius 3 is 2.78 bits per heavy atom. The van der Waals surface area contributed by atoms with Crippen molar-refractivity contribution < 1.29 is 14.1 Å². The summed E-state index contributed by atoms with van der Waals surface area (Å²) in [5.41, 5.74) is 1.01. The van der Waals surface area contributed by atoms with E-state index in [-0.39, 0.29) is 18.0 Å². The van der Waals surface area contributed by atoms with Crippen LogP contribution in [0.25, 0.3) is 11.3 Å². The second kappa shape index (κ2) is 6.84. The Labute approximate surface area is 135 Å². The van der Waals surface area contributed by atoms with E-state index in [1.165, 1.54) is 17.5 Å². The van der Waals surface area contributed by atoms with Crippen LogP contribution >= 0.6 is 11.3 Å². The smallest absolute Gasteiger partial charge is 0.257 e. The van der Waals surface area contributed by atoms with Gasteiger partial charge in [-0.1, -0.05) is 35.5 Å². The van der Waals surface area contributed by atoms with Gasteiger partial charge in [0.25, 0.3) is 5.91 Å². The maximum atomic E-state index is 12.2. The highest BCUT2D eigenvalue weighted by molar-refractivity contribution is 7.13. The van der Waals surface area contributed by atoms with Crippen LogP contribution in [0, 0.1) is 0 Å². The minimum Gasteiger partial charge on any atom is -0.355 e. The van der Waals surface area contributed by atoms with Crippen LogP contribution in [-0.2, 0) is 4.79 Å². The summed E-state index contributed by atoms with van der Waals surface area (Å²) in [6.45, 7) is -0.169. The average Bonchev–Trinajstić information content (AvgIpc) is 3.25. The minimum absolute atomic E-state index is 0.169. The Balaban J connectivity index is 1.63. The molecule has 0 radical (unpaired) electrons. The average molecular weight is 328 g/mol. The monoisotopic (exact) mass is 328 g/mol. The lowest BCUT2D eigenvalue weighted by Crippen LogP contribution is -2.32. The fourth-order valence-corrected chi connectivity index (χ4v) is 2.45. The molecule has 3 rings (SSSR count). The highest BCUT2D eigenvalue weighted by atomic mass is 32.1. The van der Waals surface area contributed by atoms with E-state index in [1.54, 1.807) is 11.6 Å². The quantitative estimate of drug-likeness (QED) is 0.748. The van der Waals surface area contributed by atoms with Crippen molar-refractivity contribution in [1.29, 1.82) is 0 Å². The predicted molar refractivity (Wildman–Crippen MR) is 85.0 cm³/mol. The van der Waals surface area contributed by atoms with Gasteiger partial charge in [-0.15, -0.1) is 11.3 Å². The van der Waals surface area contributed by atoms with E-state index in [9.17, 15) is 9.59 Å². The molecule has 23 heavy (non-hydrogen) atoms. The van der Waals surface area contributed by atoms with Crippen molar-refractivity contribution in [3.05, 3.63) is 53.7 Å². The molecular weight excluding hydrogens is 316 g/mol. The molecule has 0 aliphatic heterocycles.